The van der Waals surface area contributed by atoms with Gasteiger partial charge in [0.1, 0.15) is 6.61 Å². The smallest absolute Gasteiger partial charge is 0.330 e. The topological polar surface area (TPSA) is 29.5 Å². The van der Waals surface area contributed by atoms with Gasteiger partial charge >= 0.3 is 5.97 Å². The summed E-state index contributed by atoms with van der Waals surface area (Å²) in [4.78, 5) is 13.5. The third kappa shape index (κ3) is 8.63. The van der Waals surface area contributed by atoms with Gasteiger partial charge in [0.05, 0.1) is 0 Å². The Kier molecular flexibility index (Phi) is 10.0. The Bertz CT molecular complexity index is 417. The van der Waals surface area contributed by atoms with Crippen molar-refractivity contribution in [2.45, 2.75) is 45.6 Å². The van der Waals surface area contributed by atoms with Crippen LogP contribution in [0.4, 0.5) is 0 Å². The molecule has 0 radical (unpaired) electrons. The lowest BCUT2D eigenvalue weighted by molar-refractivity contribution is -0.138. The Morgan fingerprint density at radius 2 is 1.86 bits per heavy atom. The van der Waals surface area contributed by atoms with Crippen LogP contribution in [0.2, 0.25) is 0 Å². The Morgan fingerprint density at radius 3 is 2.55 bits per heavy atom. The van der Waals surface area contributed by atoms with Crippen molar-refractivity contribution in [3.05, 3.63) is 48.6 Å². The molecule has 0 heterocycles. The monoisotopic (exact) mass is 303 g/mol. The van der Waals surface area contributed by atoms with Crippen molar-refractivity contribution in [2.75, 3.05) is 19.7 Å². The van der Waals surface area contributed by atoms with Crippen molar-refractivity contribution < 1.29 is 9.53 Å². The Hall–Kier alpha value is -1.61. The molecule has 3 nitrogen and oxygen atoms in total. The van der Waals surface area contributed by atoms with Crippen LogP contribution in [0.25, 0.3) is 0 Å². The highest BCUT2D eigenvalue weighted by atomic mass is 16.5. The molecule has 22 heavy (non-hydrogen) atoms. The summed E-state index contributed by atoms with van der Waals surface area (Å²) in [6.07, 6.45) is 7.57. The van der Waals surface area contributed by atoms with Gasteiger partial charge in [0.15, 0.2) is 0 Å². The van der Waals surface area contributed by atoms with Gasteiger partial charge in [-0.05, 0) is 18.5 Å². The molecule has 0 N–H and O–H groups in total. The van der Waals surface area contributed by atoms with E-state index in [4.69, 9.17) is 4.74 Å². The highest BCUT2D eigenvalue weighted by Crippen LogP contribution is 2.08. The van der Waals surface area contributed by atoms with Crippen LogP contribution in [0.15, 0.2) is 43.0 Å². The van der Waals surface area contributed by atoms with E-state index in [-0.39, 0.29) is 5.97 Å². The third-order valence-electron chi connectivity index (χ3n) is 3.65. The molecule has 0 aliphatic rings. The van der Waals surface area contributed by atoms with Crippen molar-refractivity contribution >= 4 is 5.97 Å². The number of benzene rings is 1. The molecule has 0 fully saturated rings. The molecular formula is C19H29NO2. The quantitative estimate of drug-likeness (QED) is 0.329. The standard InChI is InChI=1S/C19H29NO2/c1-3-5-6-7-11-14-20(15-16-22-19(21)4-2)17-18-12-9-8-10-13-18/h4,8-10,12-13H,2-3,5-7,11,14-17H2,1H3. The van der Waals surface area contributed by atoms with Crippen molar-refractivity contribution in [1.82, 2.24) is 4.90 Å². The second-order valence-electron chi connectivity index (χ2n) is 5.55. The maximum Gasteiger partial charge on any atom is 0.330 e. The summed E-state index contributed by atoms with van der Waals surface area (Å²) in [6.45, 7) is 8.79. The van der Waals surface area contributed by atoms with Crippen LogP contribution in [0, 0.1) is 0 Å². The summed E-state index contributed by atoms with van der Waals surface area (Å²) < 4.78 is 5.11. The second-order valence-corrected chi connectivity index (χ2v) is 5.55. The molecule has 0 unspecified atom stereocenters. The fourth-order valence-electron chi connectivity index (χ4n) is 2.38. The number of hydrogen-bond acceptors (Lipinski definition) is 3. The SMILES string of the molecule is C=CC(=O)OCCN(CCCCCCC)Cc1ccccc1. The van der Waals surface area contributed by atoms with E-state index in [9.17, 15) is 4.79 Å². The normalized spacial score (nSPS) is 10.6. The molecule has 122 valence electrons. The summed E-state index contributed by atoms with van der Waals surface area (Å²) in [5.41, 5.74) is 1.30. The van der Waals surface area contributed by atoms with Gasteiger partial charge in [-0.2, -0.15) is 0 Å². The van der Waals surface area contributed by atoms with Gasteiger partial charge in [-0.3, -0.25) is 4.90 Å². The molecule has 0 saturated heterocycles. The summed E-state index contributed by atoms with van der Waals surface area (Å²) in [7, 11) is 0. The minimum atomic E-state index is -0.345. The molecule has 0 aliphatic heterocycles. The number of esters is 1. The first-order valence-electron chi connectivity index (χ1n) is 8.31. The average molecular weight is 303 g/mol. The van der Waals surface area contributed by atoms with Crippen LogP contribution < -0.4 is 0 Å². The fraction of sp³-hybridized carbons (Fsp3) is 0.526. The maximum absolute atomic E-state index is 11.1. The van der Waals surface area contributed by atoms with Gasteiger partial charge in [-0.15, -0.1) is 0 Å². The molecule has 1 rings (SSSR count). The molecule has 3 heteroatoms. The minimum Gasteiger partial charge on any atom is -0.461 e. The van der Waals surface area contributed by atoms with Crippen molar-refractivity contribution in [1.29, 1.82) is 0 Å². The average Bonchev–Trinajstić information content (AvgIpc) is 2.55. The first kappa shape index (κ1) is 18.4. The van der Waals surface area contributed by atoms with E-state index in [1.807, 2.05) is 6.07 Å². The van der Waals surface area contributed by atoms with E-state index in [0.717, 1.165) is 19.6 Å². The van der Waals surface area contributed by atoms with Crippen molar-refractivity contribution in [3.8, 4) is 0 Å². The zero-order chi connectivity index (χ0) is 16.0. The van der Waals surface area contributed by atoms with Crippen LogP contribution >= 0.6 is 0 Å². The summed E-state index contributed by atoms with van der Waals surface area (Å²) >= 11 is 0. The highest BCUT2D eigenvalue weighted by Gasteiger charge is 2.07. The number of hydrogen-bond donors (Lipinski definition) is 0. The minimum absolute atomic E-state index is 0.345. The molecule has 0 saturated carbocycles. The number of ether oxygens (including phenoxy) is 1. The van der Waals surface area contributed by atoms with Gasteiger partial charge in [-0.25, -0.2) is 4.79 Å². The van der Waals surface area contributed by atoms with E-state index in [1.54, 1.807) is 0 Å². The predicted molar refractivity (Wildman–Crippen MR) is 91.6 cm³/mol. The Labute approximate surface area is 135 Å². The van der Waals surface area contributed by atoms with Gasteiger partial charge in [0, 0.05) is 19.2 Å². The highest BCUT2D eigenvalue weighted by molar-refractivity contribution is 5.81. The van der Waals surface area contributed by atoms with E-state index in [0.29, 0.717) is 6.61 Å². The number of unbranched alkanes of at least 4 members (excludes halogenated alkanes) is 4. The number of nitrogens with zero attached hydrogens (tertiary/aromatic N) is 1. The lowest BCUT2D eigenvalue weighted by Crippen LogP contribution is -2.29. The summed E-state index contributed by atoms with van der Waals surface area (Å²) in [5.74, 6) is -0.345. The van der Waals surface area contributed by atoms with E-state index >= 15 is 0 Å². The van der Waals surface area contributed by atoms with Crippen LogP contribution in [-0.2, 0) is 16.1 Å². The molecule has 0 bridgehead atoms. The molecule has 0 aromatic heterocycles. The first-order valence-corrected chi connectivity index (χ1v) is 8.31. The summed E-state index contributed by atoms with van der Waals surface area (Å²) in [5, 5.41) is 0. The van der Waals surface area contributed by atoms with Gasteiger partial charge in [-0.1, -0.05) is 69.5 Å². The van der Waals surface area contributed by atoms with Crippen LogP contribution in [0.1, 0.15) is 44.6 Å². The molecule has 1 aromatic carbocycles. The zero-order valence-corrected chi connectivity index (χ0v) is 13.8. The molecular weight excluding hydrogens is 274 g/mol. The molecule has 0 atom stereocenters. The Morgan fingerprint density at radius 1 is 1.14 bits per heavy atom. The third-order valence-corrected chi connectivity index (χ3v) is 3.65. The van der Waals surface area contributed by atoms with Crippen LogP contribution in [0.5, 0.6) is 0 Å². The van der Waals surface area contributed by atoms with Gasteiger partial charge in [0.25, 0.3) is 0 Å². The molecule has 0 spiro atoms. The fourth-order valence-corrected chi connectivity index (χ4v) is 2.38. The number of carbonyl (C=O) groups is 1. The predicted octanol–water partition coefficient (Wildman–Crippen LogP) is 4.19. The van der Waals surface area contributed by atoms with Gasteiger partial charge < -0.3 is 4.74 Å². The molecule has 1 aromatic rings. The Balaban J connectivity index is 2.38. The van der Waals surface area contributed by atoms with Gasteiger partial charge in [0.2, 0.25) is 0 Å². The van der Waals surface area contributed by atoms with Crippen LogP contribution in [0.3, 0.4) is 0 Å². The lowest BCUT2D eigenvalue weighted by atomic mass is 10.1. The van der Waals surface area contributed by atoms with E-state index in [2.05, 4.69) is 42.7 Å². The van der Waals surface area contributed by atoms with Crippen molar-refractivity contribution in [2.24, 2.45) is 0 Å². The van der Waals surface area contributed by atoms with E-state index in [1.165, 1.54) is 43.7 Å². The van der Waals surface area contributed by atoms with E-state index < -0.39 is 0 Å². The summed E-state index contributed by atoms with van der Waals surface area (Å²) in [6, 6.07) is 10.4. The lowest BCUT2D eigenvalue weighted by Gasteiger charge is -2.22. The van der Waals surface area contributed by atoms with Crippen LogP contribution in [-0.4, -0.2) is 30.6 Å². The largest absolute Gasteiger partial charge is 0.461 e. The number of carbonyl (C=O) groups excluding carboxylic acids is 1. The maximum atomic E-state index is 11.1. The number of rotatable bonds is 12. The molecule has 0 amide bonds. The zero-order valence-electron chi connectivity index (χ0n) is 13.8. The van der Waals surface area contributed by atoms with Crippen molar-refractivity contribution in [3.63, 3.8) is 0 Å². The molecule has 0 aliphatic carbocycles. The first-order chi connectivity index (χ1) is 10.8. The second kappa shape index (κ2) is 12.0.